The van der Waals surface area contributed by atoms with Crippen LogP contribution in [0.2, 0.25) is 0 Å². The van der Waals surface area contributed by atoms with E-state index in [-0.39, 0.29) is 17.2 Å². The number of aromatic hydroxyl groups is 1. The van der Waals surface area contributed by atoms with Gasteiger partial charge in [-0.3, -0.25) is 4.79 Å². The van der Waals surface area contributed by atoms with Gasteiger partial charge in [0.2, 0.25) is 0 Å². The summed E-state index contributed by atoms with van der Waals surface area (Å²) in [4.78, 5) is 11.7. The maximum atomic E-state index is 11.7. The highest BCUT2D eigenvalue weighted by molar-refractivity contribution is 6.01. The summed E-state index contributed by atoms with van der Waals surface area (Å²) in [5, 5.41) is 20.9. The summed E-state index contributed by atoms with van der Waals surface area (Å²) < 4.78 is 0. The first-order valence-corrected chi connectivity index (χ1v) is 5.86. The lowest BCUT2D eigenvalue weighted by Crippen LogP contribution is -2.25. The minimum absolute atomic E-state index is 0.0386. The van der Waals surface area contributed by atoms with Gasteiger partial charge in [-0.05, 0) is 30.2 Å². The smallest absolute Gasteiger partial charge is 0.261 e. The molecule has 0 radical (unpaired) electrons. The second-order valence-electron chi connectivity index (χ2n) is 3.87. The van der Waals surface area contributed by atoms with Crippen molar-refractivity contribution < 1.29 is 9.90 Å². The number of amides is 1. The second-order valence-corrected chi connectivity index (χ2v) is 3.87. The number of nitrogens with zero attached hydrogens (tertiary/aromatic N) is 1. The molecule has 0 bridgehead atoms. The van der Waals surface area contributed by atoms with Crippen LogP contribution in [0.3, 0.4) is 0 Å². The molecule has 0 heterocycles. The first-order chi connectivity index (χ1) is 8.67. The van der Waals surface area contributed by atoms with E-state index in [0.29, 0.717) is 12.1 Å². The average molecular weight is 244 g/mol. The number of phenolic OH excluding ortho intramolecular Hbond substituents is 1. The predicted octanol–water partition coefficient (Wildman–Crippen LogP) is 2.22. The highest BCUT2D eigenvalue weighted by atomic mass is 16.3. The van der Waals surface area contributed by atoms with Crippen LogP contribution in [-0.2, 0) is 4.79 Å². The van der Waals surface area contributed by atoms with Crippen molar-refractivity contribution >= 4 is 12.0 Å². The number of rotatable bonds is 5. The van der Waals surface area contributed by atoms with E-state index in [4.69, 9.17) is 5.26 Å². The Morgan fingerprint density at radius 2 is 2.33 bits per heavy atom. The van der Waals surface area contributed by atoms with Crippen molar-refractivity contribution in [1.82, 2.24) is 5.32 Å². The Kier molecular flexibility index (Phi) is 5.46. The van der Waals surface area contributed by atoms with Gasteiger partial charge in [0, 0.05) is 6.54 Å². The van der Waals surface area contributed by atoms with Gasteiger partial charge in [-0.2, -0.15) is 5.26 Å². The molecule has 0 saturated heterocycles. The molecule has 0 aromatic heterocycles. The van der Waals surface area contributed by atoms with E-state index in [0.717, 1.165) is 12.8 Å². The maximum Gasteiger partial charge on any atom is 0.261 e. The van der Waals surface area contributed by atoms with Crippen LogP contribution in [0.5, 0.6) is 5.75 Å². The highest BCUT2D eigenvalue weighted by Crippen LogP contribution is 2.13. The topological polar surface area (TPSA) is 73.1 Å². The van der Waals surface area contributed by atoms with Crippen molar-refractivity contribution in [2.45, 2.75) is 19.8 Å². The normalized spacial score (nSPS) is 10.8. The van der Waals surface area contributed by atoms with Gasteiger partial charge in [-0.1, -0.05) is 25.5 Å². The molecule has 4 heteroatoms. The third-order valence-corrected chi connectivity index (χ3v) is 2.36. The van der Waals surface area contributed by atoms with Crippen LogP contribution < -0.4 is 5.32 Å². The Morgan fingerprint density at radius 1 is 1.56 bits per heavy atom. The zero-order valence-corrected chi connectivity index (χ0v) is 10.3. The molecule has 1 rings (SSSR count). The van der Waals surface area contributed by atoms with E-state index in [1.807, 2.05) is 13.0 Å². The number of carbonyl (C=O) groups excluding carboxylic acids is 1. The zero-order chi connectivity index (χ0) is 13.4. The Morgan fingerprint density at radius 3 is 2.94 bits per heavy atom. The molecule has 1 aromatic rings. The molecule has 4 nitrogen and oxygen atoms in total. The lowest BCUT2D eigenvalue weighted by molar-refractivity contribution is -0.117. The van der Waals surface area contributed by atoms with Gasteiger partial charge >= 0.3 is 0 Å². The highest BCUT2D eigenvalue weighted by Gasteiger charge is 2.07. The quantitative estimate of drug-likeness (QED) is 0.474. The first kappa shape index (κ1) is 13.8. The molecular formula is C14H16N2O2. The summed E-state index contributed by atoms with van der Waals surface area (Å²) >= 11 is 0. The third kappa shape index (κ3) is 4.30. The zero-order valence-electron chi connectivity index (χ0n) is 10.3. The fourth-order valence-corrected chi connectivity index (χ4v) is 1.40. The SMILES string of the molecule is CCCCNC(=O)/C(C#N)=C\c1cccc(O)c1. The molecule has 0 aliphatic carbocycles. The van der Waals surface area contributed by atoms with Gasteiger partial charge in [0.15, 0.2) is 0 Å². The van der Waals surface area contributed by atoms with Crippen molar-refractivity contribution in [3.05, 3.63) is 35.4 Å². The van der Waals surface area contributed by atoms with Crippen molar-refractivity contribution in [2.75, 3.05) is 6.54 Å². The molecular weight excluding hydrogens is 228 g/mol. The number of carbonyl (C=O) groups is 1. The Labute approximate surface area is 107 Å². The van der Waals surface area contributed by atoms with E-state index in [9.17, 15) is 9.90 Å². The summed E-state index contributed by atoms with van der Waals surface area (Å²) in [6, 6.07) is 8.27. The minimum Gasteiger partial charge on any atom is -0.508 e. The molecule has 18 heavy (non-hydrogen) atoms. The number of benzene rings is 1. The van der Waals surface area contributed by atoms with Gasteiger partial charge in [-0.15, -0.1) is 0 Å². The van der Waals surface area contributed by atoms with Crippen LogP contribution in [0.25, 0.3) is 6.08 Å². The fourth-order valence-electron chi connectivity index (χ4n) is 1.40. The van der Waals surface area contributed by atoms with Crippen molar-refractivity contribution in [1.29, 1.82) is 5.26 Å². The molecule has 2 N–H and O–H groups in total. The minimum atomic E-state index is -0.380. The maximum absolute atomic E-state index is 11.7. The number of unbranched alkanes of at least 4 members (excludes halogenated alkanes) is 1. The monoisotopic (exact) mass is 244 g/mol. The number of hydrogen-bond acceptors (Lipinski definition) is 3. The van der Waals surface area contributed by atoms with Crippen LogP contribution in [0.4, 0.5) is 0 Å². The molecule has 1 amide bonds. The molecule has 94 valence electrons. The summed E-state index contributed by atoms with van der Waals surface area (Å²) in [6.07, 6.45) is 3.33. The summed E-state index contributed by atoms with van der Waals surface area (Å²) in [5.41, 5.74) is 0.661. The van der Waals surface area contributed by atoms with Crippen molar-refractivity contribution in [3.63, 3.8) is 0 Å². The second kappa shape index (κ2) is 7.13. The van der Waals surface area contributed by atoms with Crippen LogP contribution in [0, 0.1) is 11.3 Å². The standard InChI is InChI=1S/C14H16N2O2/c1-2-3-7-16-14(18)12(10-15)8-11-5-4-6-13(17)9-11/h4-6,8-9,17H,2-3,7H2,1H3,(H,16,18)/b12-8-. The van der Waals surface area contributed by atoms with E-state index in [1.165, 1.54) is 18.2 Å². The van der Waals surface area contributed by atoms with E-state index < -0.39 is 0 Å². The summed E-state index contributed by atoms with van der Waals surface area (Å²) in [6.45, 7) is 2.59. The first-order valence-electron chi connectivity index (χ1n) is 5.86. The molecule has 1 aromatic carbocycles. The number of phenols is 1. The molecule has 0 saturated carbocycles. The van der Waals surface area contributed by atoms with E-state index in [1.54, 1.807) is 12.1 Å². The molecule has 0 atom stereocenters. The Balaban J connectivity index is 2.77. The van der Waals surface area contributed by atoms with Gasteiger partial charge < -0.3 is 10.4 Å². The Hall–Kier alpha value is -2.28. The van der Waals surface area contributed by atoms with Crippen LogP contribution in [-0.4, -0.2) is 17.6 Å². The predicted molar refractivity (Wildman–Crippen MR) is 69.6 cm³/mol. The van der Waals surface area contributed by atoms with Crippen LogP contribution in [0.1, 0.15) is 25.3 Å². The number of nitrogens with one attached hydrogen (secondary N) is 1. The average Bonchev–Trinajstić information content (AvgIpc) is 2.36. The molecule has 0 spiro atoms. The van der Waals surface area contributed by atoms with Gasteiger partial charge in [0.1, 0.15) is 17.4 Å². The van der Waals surface area contributed by atoms with Crippen molar-refractivity contribution in [2.24, 2.45) is 0 Å². The fraction of sp³-hybridized carbons (Fsp3) is 0.286. The van der Waals surface area contributed by atoms with Crippen LogP contribution in [0.15, 0.2) is 29.8 Å². The molecule has 0 aliphatic rings. The van der Waals surface area contributed by atoms with Crippen molar-refractivity contribution in [3.8, 4) is 11.8 Å². The van der Waals surface area contributed by atoms with E-state index >= 15 is 0 Å². The largest absolute Gasteiger partial charge is 0.508 e. The van der Waals surface area contributed by atoms with Crippen LogP contribution >= 0.6 is 0 Å². The number of hydrogen-bond donors (Lipinski definition) is 2. The number of nitriles is 1. The Bertz CT molecular complexity index is 487. The third-order valence-electron chi connectivity index (χ3n) is 2.36. The van der Waals surface area contributed by atoms with E-state index in [2.05, 4.69) is 5.32 Å². The van der Waals surface area contributed by atoms with Gasteiger partial charge in [0.05, 0.1) is 0 Å². The summed E-state index contributed by atoms with van der Waals surface area (Å²) in [5.74, 6) is -0.276. The lowest BCUT2D eigenvalue weighted by Gasteiger charge is -2.03. The lowest BCUT2D eigenvalue weighted by atomic mass is 10.1. The molecule has 0 unspecified atom stereocenters. The van der Waals surface area contributed by atoms with Gasteiger partial charge in [0.25, 0.3) is 5.91 Å². The summed E-state index contributed by atoms with van der Waals surface area (Å²) in [7, 11) is 0. The van der Waals surface area contributed by atoms with Gasteiger partial charge in [-0.25, -0.2) is 0 Å². The molecule has 0 aliphatic heterocycles. The molecule has 0 fully saturated rings.